The molecule has 2 saturated carbocycles. The Morgan fingerprint density at radius 2 is 1.57 bits per heavy atom. The van der Waals surface area contributed by atoms with E-state index in [0.29, 0.717) is 38.1 Å². The first-order chi connectivity index (χ1) is 22.2. The Morgan fingerprint density at radius 1 is 0.957 bits per heavy atom. The van der Waals surface area contributed by atoms with Crippen LogP contribution in [0.4, 0.5) is 23.2 Å². The molecule has 1 aromatic heterocycles. The number of nitrogens with one attached hydrogen (secondary N) is 1. The summed E-state index contributed by atoms with van der Waals surface area (Å²) in [5, 5.41) is 22.1. The largest absolute Gasteiger partial charge is 0.490 e. The van der Waals surface area contributed by atoms with Crippen LogP contribution in [0, 0.1) is 11.7 Å². The van der Waals surface area contributed by atoms with Gasteiger partial charge in [-0.25, -0.2) is 13.9 Å². The molecule has 2 unspecified atom stereocenters. The fourth-order valence-electron chi connectivity index (χ4n) is 6.78. The van der Waals surface area contributed by atoms with Crippen LogP contribution in [0.1, 0.15) is 84.5 Å². The molecule has 4 amide bonds. The molecule has 2 saturated heterocycles. The summed E-state index contributed by atoms with van der Waals surface area (Å²) in [5.41, 5.74) is -0.0362. The number of alkyl halides is 3. The summed E-state index contributed by atoms with van der Waals surface area (Å²) in [5.74, 6) is -4.47. The highest BCUT2D eigenvalue weighted by Crippen LogP contribution is 2.48. The summed E-state index contributed by atoms with van der Waals surface area (Å²) in [6.07, 6.45) is 0.603. The molecular formula is C29H32F4N8O6. The van der Waals surface area contributed by atoms with Crippen molar-refractivity contribution in [3.63, 3.8) is 0 Å². The van der Waals surface area contributed by atoms with E-state index in [-0.39, 0.29) is 35.2 Å². The predicted molar refractivity (Wildman–Crippen MR) is 151 cm³/mol. The molecule has 18 heteroatoms. The number of hydrogen-bond acceptors (Lipinski definition) is 10. The Labute approximate surface area is 265 Å². The highest BCUT2D eigenvalue weighted by molar-refractivity contribution is 6.23. The molecule has 2 N–H and O–H groups in total. The lowest BCUT2D eigenvalue weighted by Crippen LogP contribution is -2.59. The first-order valence-corrected chi connectivity index (χ1v) is 15.3. The number of carboxylic acid groups (broad SMARTS) is 1. The van der Waals surface area contributed by atoms with Crippen LogP contribution >= 0.6 is 0 Å². The molecule has 0 radical (unpaired) electrons. The van der Waals surface area contributed by atoms with Gasteiger partial charge in [0, 0.05) is 32.6 Å². The molecule has 2 aromatic rings. The van der Waals surface area contributed by atoms with Gasteiger partial charge in [0.15, 0.2) is 5.82 Å². The van der Waals surface area contributed by atoms with Crippen molar-refractivity contribution in [1.29, 1.82) is 0 Å². The van der Waals surface area contributed by atoms with Crippen LogP contribution < -0.4 is 10.2 Å². The quantitative estimate of drug-likeness (QED) is 0.342. The SMILES string of the molecule is CC(c1nnnn1C1CC1)(C1CCC1)N1CCN(c2cc3c(cc2F)C(=O)N(C2CCC(=O)NC2=O)C3=O)CC1.O=C(O)C(F)(F)F. The molecule has 2 atom stereocenters. The number of imide groups is 2. The van der Waals surface area contributed by atoms with E-state index in [1.54, 1.807) is 0 Å². The Hall–Kier alpha value is -4.48. The molecule has 0 spiro atoms. The lowest BCUT2D eigenvalue weighted by Gasteiger charge is -2.51. The maximum absolute atomic E-state index is 15.4. The summed E-state index contributed by atoms with van der Waals surface area (Å²) in [4.78, 5) is 64.3. The van der Waals surface area contributed by atoms with Gasteiger partial charge in [-0.15, -0.1) is 5.10 Å². The Bertz CT molecular complexity index is 1630. The zero-order valence-electron chi connectivity index (χ0n) is 25.3. The molecule has 1 aromatic carbocycles. The van der Waals surface area contributed by atoms with E-state index in [1.165, 1.54) is 12.5 Å². The highest BCUT2D eigenvalue weighted by atomic mass is 19.4. The molecule has 14 nitrogen and oxygen atoms in total. The van der Waals surface area contributed by atoms with Crippen LogP contribution in [0.15, 0.2) is 12.1 Å². The number of piperazine rings is 1. The molecule has 0 bridgehead atoms. The number of carbonyl (C=O) groups excluding carboxylic acids is 4. The number of anilines is 1. The van der Waals surface area contributed by atoms with Crippen molar-refractivity contribution in [3.8, 4) is 0 Å². The van der Waals surface area contributed by atoms with Gasteiger partial charge in [0.1, 0.15) is 11.9 Å². The molecule has 5 aliphatic rings. The van der Waals surface area contributed by atoms with Crippen LogP contribution in [-0.2, 0) is 19.9 Å². The van der Waals surface area contributed by atoms with Gasteiger partial charge in [0.25, 0.3) is 11.8 Å². The highest BCUT2D eigenvalue weighted by Gasteiger charge is 2.50. The van der Waals surface area contributed by atoms with Gasteiger partial charge in [0.05, 0.1) is 28.4 Å². The zero-order valence-corrected chi connectivity index (χ0v) is 25.3. The van der Waals surface area contributed by atoms with Gasteiger partial charge in [-0.05, 0) is 67.5 Å². The monoisotopic (exact) mass is 664 g/mol. The smallest absolute Gasteiger partial charge is 0.475 e. The topological polar surface area (TPSA) is 171 Å². The van der Waals surface area contributed by atoms with Gasteiger partial charge in [-0.3, -0.25) is 34.3 Å². The van der Waals surface area contributed by atoms with E-state index in [1.807, 2.05) is 9.58 Å². The first kappa shape index (κ1) is 32.5. The molecule has 3 aliphatic heterocycles. The van der Waals surface area contributed by atoms with Crippen LogP contribution in [0.25, 0.3) is 0 Å². The second kappa shape index (κ2) is 12.0. The Kier molecular flexibility index (Phi) is 8.26. The number of piperidine rings is 1. The minimum Gasteiger partial charge on any atom is -0.475 e. The number of tetrazole rings is 1. The van der Waals surface area contributed by atoms with E-state index < -0.39 is 47.6 Å². The fraction of sp³-hybridized carbons (Fsp3) is 0.586. The summed E-state index contributed by atoms with van der Waals surface area (Å²) in [6.45, 7) is 4.62. The van der Waals surface area contributed by atoms with E-state index in [9.17, 15) is 32.3 Å². The first-order valence-electron chi connectivity index (χ1n) is 15.3. The number of nitrogens with zero attached hydrogens (tertiary/aromatic N) is 7. The number of benzene rings is 1. The van der Waals surface area contributed by atoms with E-state index in [4.69, 9.17) is 9.90 Å². The van der Waals surface area contributed by atoms with Gasteiger partial charge < -0.3 is 10.0 Å². The van der Waals surface area contributed by atoms with Crippen molar-refractivity contribution in [1.82, 2.24) is 35.3 Å². The van der Waals surface area contributed by atoms with Crippen molar-refractivity contribution in [3.05, 3.63) is 34.9 Å². The lowest BCUT2D eigenvalue weighted by molar-refractivity contribution is -0.192. The third-order valence-electron chi connectivity index (χ3n) is 9.77. The third kappa shape index (κ3) is 5.82. The summed E-state index contributed by atoms with van der Waals surface area (Å²) in [7, 11) is 0. The van der Waals surface area contributed by atoms with Gasteiger partial charge in [0.2, 0.25) is 11.8 Å². The van der Waals surface area contributed by atoms with Crippen molar-refractivity contribution in [2.75, 3.05) is 31.1 Å². The molecule has 4 heterocycles. The number of carboxylic acids is 1. The maximum atomic E-state index is 15.4. The molecule has 47 heavy (non-hydrogen) atoms. The zero-order chi connectivity index (χ0) is 33.8. The van der Waals surface area contributed by atoms with Crippen molar-refractivity contribution in [2.45, 2.75) is 75.7 Å². The molecule has 7 rings (SSSR count). The lowest BCUT2D eigenvalue weighted by atomic mass is 9.70. The van der Waals surface area contributed by atoms with Gasteiger partial charge in [-0.2, -0.15) is 13.2 Å². The van der Waals surface area contributed by atoms with Crippen LogP contribution in [0.2, 0.25) is 0 Å². The number of aromatic nitrogens is 4. The number of hydrogen-bond donors (Lipinski definition) is 2. The number of rotatable bonds is 6. The van der Waals surface area contributed by atoms with Gasteiger partial charge >= 0.3 is 12.1 Å². The molecule has 4 fully saturated rings. The second-order valence-electron chi connectivity index (χ2n) is 12.5. The summed E-state index contributed by atoms with van der Waals surface area (Å²) >= 11 is 0. The normalized spacial score (nSPS) is 23.5. The number of aliphatic carboxylic acids is 1. The number of fused-ring (bicyclic) bond motifs is 1. The van der Waals surface area contributed by atoms with Crippen LogP contribution in [0.3, 0.4) is 0 Å². The van der Waals surface area contributed by atoms with Crippen molar-refractivity contribution in [2.24, 2.45) is 5.92 Å². The number of halogens is 4. The second-order valence-corrected chi connectivity index (χ2v) is 12.5. The average molecular weight is 665 g/mol. The number of amides is 4. The third-order valence-corrected chi connectivity index (χ3v) is 9.77. The van der Waals surface area contributed by atoms with E-state index in [0.717, 1.165) is 42.5 Å². The van der Waals surface area contributed by atoms with Crippen molar-refractivity contribution >= 4 is 35.3 Å². The fourth-order valence-corrected chi connectivity index (χ4v) is 6.78. The van der Waals surface area contributed by atoms with Crippen molar-refractivity contribution < 1.29 is 46.6 Å². The predicted octanol–water partition coefficient (Wildman–Crippen LogP) is 2.02. The van der Waals surface area contributed by atoms with E-state index >= 15 is 4.39 Å². The Balaban J connectivity index is 0.000000499. The minimum absolute atomic E-state index is 0.0283. The van der Waals surface area contributed by atoms with Gasteiger partial charge in [-0.1, -0.05) is 6.42 Å². The maximum Gasteiger partial charge on any atom is 0.490 e. The van der Waals surface area contributed by atoms with Crippen LogP contribution in [0.5, 0.6) is 0 Å². The van der Waals surface area contributed by atoms with E-state index in [2.05, 4.69) is 32.7 Å². The molecule has 2 aliphatic carbocycles. The summed E-state index contributed by atoms with van der Waals surface area (Å²) in [6, 6.07) is 1.82. The van der Waals surface area contributed by atoms with Crippen LogP contribution in [-0.4, -0.2) is 103 Å². The average Bonchev–Trinajstić information content (AvgIpc) is 3.66. The standard InChI is InChI=1S/C27H31FN8O4.C2HF3O2/c1-27(15-3-2-4-15,26-30-31-32-36(26)16-5-6-16)34-11-9-33(10-12-34)21-14-18-17(13-19(21)28)24(39)35(25(18)40)20-7-8-22(37)29-23(20)38;3-2(4,5)1(6)7/h13-16,20H,2-12H2,1H3,(H,29,37,38);(H,6,7). The summed E-state index contributed by atoms with van der Waals surface area (Å²) < 4.78 is 49.2. The molecule has 252 valence electrons. The Morgan fingerprint density at radius 3 is 2.11 bits per heavy atom. The molecular weight excluding hydrogens is 632 g/mol. The minimum atomic E-state index is -5.08. The number of carbonyl (C=O) groups is 5.